The molecule has 0 unspecified atom stereocenters. The van der Waals surface area contributed by atoms with Gasteiger partial charge in [-0.15, -0.1) is 0 Å². The second-order valence-corrected chi connectivity index (χ2v) is 6.91. The van der Waals surface area contributed by atoms with Crippen molar-refractivity contribution in [3.8, 4) is 11.5 Å². The van der Waals surface area contributed by atoms with Crippen molar-refractivity contribution in [3.05, 3.63) is 57.6 Å². The highest BCUT2D eigenvalue weighted by molar-refractivity contribution is 7.89. The molecule has 0 radical (unpaired) electrons. The number of aryl methyl sites for hydroxylation is 2. The molecule has 0 bridgehead atoms. The van der Waals surface area contributed by atoms with Crippen LogP contribution < -0.4 is 9.46 Å². The molecule has 23 heavy (non-hydrogen) atoms. The van der Waals surface area contributed by atoms with E-state index in [0.29, 0.717) is 5.75 Å². The topological polar surface area (TPSA) is 98.5 Å². The number of nitro benzene ring substituents is 1. The van der Waals surface area contributed by atoms with Gasteiger partial charge in [-0.05, 0) is 56.3 Å². The fourth-order valence-electron chi connectivity index (χ4n) is 2.13. The van der Waals surface area contributed by atoms with E-state index < -0.39 is 20.6 Å². The fourth-order valence-corrected chi connectivity index (χ4v) is 2.88. The van der Waals surface area contributed by atoms with Crippen LogP contribution in [-0.4, -0.2) is 20.4 Å². The first-order valence-electron chi connectivity index (χ1n) is 6.71. The number of nitrogens with one attached hydrogen (secondary N) is 1. The number of benzene rings is 2. The molecule has 8 heteroatoms. The molecule has 0 aliphatic rings. The largest absolute Gasteiger partial charge is 0.450 e. The van der Waals surface area contributed by atoms with Gasteiger partial charge in [0.15, 0.2) is 0 Å². The molecule has 0 heterocycles. The van der Waals surface area contributed by atoms with E-state index in [-0.39, 0.29) is 10.6 Å². The summed E-state index contributed by atoms with van der Waals surface area (Å²) in [6.45, 7) is 3.77. The van der Waals surface area contributed by atoms with E-state index >= 15 is 0 Å². The smallest absolute Gasteiger partial charge is 0.312 e. The first-order chi connectivity index (χ1) is 10.7. The average molecular weight is 336 g/mol. The number of sulfonamides is 1. The molecule has 0 fully saturated rings. The average Bonchev–Trinajstić information content (AvgIpc) is 2.46. The minimum atomic E-state index is -3.77. The first kappa shape index (κ1) is 16.9. The molecule has 0 amide bonds. The van der Waals surface area contributed by atoms with Crippen LogP contribution in [0.5, 0.6) is 11.5 Å². The standard InChI is InChI=1S/C15H16N2O5S/c1-10-6-11(2)8-12(7-10)22-15-5-4-13(23(20,21)16-3)9-14(15)17(18)19/h4-9,16H,1-3H3. The Morgan fingerprint density at radius 1 is 1.09 bits per heavy atom. The molecule has 0 aromatic heterocycles. The van der Waals surface area contributed by atoms with Crippen LogP contribution in [0.3, 0.4) is 0 Å². The molecule has 7 nitrogen and oxygen atoms in total. The molecular weight excluding hydrogens is 320 g/mol. The van der Waals surface area contributed by atoms with Gasteiger partial charge in [0.1, 0.15) is 5.75 Å². The van der Waals surface area contributed by atoms with Gasteiger partial charge in [0.2, 0.25) is 15.8 Å². The van der Waals surface area contributed by atoms with E-state index in [2.05, 4.69) is 4.72 Å². The molecule has 2 aromatic rings. The van der Waals surface area contributed by atoms with E-state index in [9.17, 15) is 18.5 Å². The summed E-state index contributed by atoms with van der Waals surface area (Å²) in [7, 11) is -2.53. The van der Waals surface area contributed by atoms with Crippen molar-refractivity contribution >= 4 is 15.7 Å². The van der Waals surface area contributed by atoms with Gasteiger partial charge in [0.25, 0.3) is 0 Å². The van der Waals surface area contributed by atoms with E-state index in [4.69, 9.17) is 4.74 Å². The number of hydrogen-bond acceptors (Lipinski definition) is 5. The predicted octanol–water partition coefficient (Wildman–Crippen LogP) is 2.91. The van der Waals surface area contributed by atoms with Crippen molar-refractivity contribution in [1.82, 2.24) is 4.72 Å². The highest BCUT2D eigenvalue weighted by Gasteiger charge is 2.22. The Balaban J connectivity index is 2.48. The molecule has 0 aliphatic heterocycles. The lowest BCUT2D eigenvalue weighted by Crippen LogP contribution is -2.18. The molecule has 0 atom stereocenters. The summed E-state index contributed by atoms with van der Waals surface area (Å²) in [5, 5.41) is 11.2. The highest BCUT2D eigenvalue weighted by Crippen LogP contribution is 2.33. The van der Waals surface area contributed by atoms with Crippen LogP contribution in [-0.2, 0) is 10.0 Å². The summed E-state index contributed by atoms with van der Waals surface area (Å²) in [6.07, 6.45) is 0. The fraction of sp³-hybridized carbons (Fsp3) is 0.200. The van der Waals surface area contributed by atoms with Gasteiger partial charge < -0.3 is 4.74 Å². The lowest BCUT2D eigenvalue weighted by molar-refractivity contribution is -0.385. The summed E-state index contributed by atoms with van der Waals surface area (Å²) >= 11 is 0. The van der Waals surface area contributed by atoms with E-state index in [1.807, 2.05) is 19.9 Å². The van der Waals surface area contributed by atoms with Gasteiger partial charge in [-0.2, -0.15) is 0 Å². The molecular formula is C15H16N2O5S. The van der Waals surface area contributed by atoms with Crippen molar-refractivity contribution in [1.29, 1.82) is 0 Å². The monoisotopic (exact) mass is 336 g/mol. The van der Waals surface area contributed by atoms with Gasteiger partial charge in [0.05, 0.1) is 9.82 Å². The van der Waals surface area contributed by atoms with Gasteiger partial charge in [-0.25, -0.2) is 13.1 Å². The third-order valence-electron chi connectivity index (χ3n) is 3.13. The molecule has 1 N–H and O–H groups in total. The third-order valence-corrected chi connectivity index (χ3v) is 4.54. The lowest BCUT2D eigenvalue weighted by atomic mass is 10.1. The van der Waals surface area contributed by atoms with Gasteiger partial charge in [0, 0.05) is 6.07 Å². The van der Waals surface area contributed by atoms with Crippen molar-refractivity contribution in [3.63, 3.8) is 0 Å². The summed E-state index contributed by atoms with van der Waals surface area (Å²) in [6, 6.07) is 8.95. The number of rotatable bonds is 5. The van der Waals surface area contributed by atoms with Crippen LogP contribution in [0, 0.1) is 24.0 Å². The van der Waals surface area contributed by atoms with Gasteiger partial charge >= 0.3 is 5.69 Å². The highest BCUT2D eigenvalue weighted by atomic mass is 32.2. The second-order valence-electron chi connectivity index (χ2n) is 5.02. The van der Waals surface area contributed by atoms with E-state index in [1.54, 1.807) is 12.1 Å². The lowest BCUT2D eigenvalue weighted by Gasteiger charge is -2.09. The maximum absolute atomic E-state index is 11.8. The Hall–Kier alpha value is -2.45. The van der Waals surface area contributed by atoms with Crippen molar-refractivity contribution in [2.75, 3.05) is 7.05 Å². The van der Waals surface area contributed by atoms with E-state index in [1.165, 1.54) is 19.2 Å². The Kier molecular flexibility index (Phi) is 4.67. The zero-order valence-corrected chi connectivity index (χ0v) is 13.7. The van der Waals surface area contributed by atoms with Crippen LogP contribution in [0.25, 0.3) is 0 Å². The molecule has 2 rings (SSSR count). The number of nitro groups is 1. The number of ether oxygens (including phenoxy) is 1. The molecule has 0 spiro atoms. The minimum Gasteiger partial charge on any atom is -0.450 e. The number of nitrogens with zero attached hydrogens (tertiary/aromatic N) is 1. The Morgan fingerprint density at radius 2 is 1.70 bits per heavy atom. The third kappa shape index (κ3) is 3.85. The van der Waals surface area contributed by atoms with Crippen molar-refractivity contribution in [2.24, 2.45) is 0 Å². The molecule has 122 valence electrons. The molecule has 0 saturated carbocycles. The van der Waals surface area contributed by atoms with Crippen LogP contribution in [0.1, 0.15) is 11.1 Å². The van der Waals surface area contributed by atoms with E-state index in [0.717, 1.165) is 17.2 Å². The SMILES string of the molecule is CNS(=O)(=O)c1ccc(Oc2cc(C)cc(C)c2)c([N+](=O)[O-])c1. The molecule has 0 aliphatic carbocycles. The zero-order valence-electron chi connectivity index (χ0n) is 12.9. The zero-order chi connectivity index (χ0) is 17.2. The Bertz CT molecular complexity index is 842. The van der Waals surface area contributed by atoms with Crippen LogP contribution >= 0.6 is 0 Å². The summed E-state index contributed by atoms with van der Waals surface area (Å²) < 4.78 is 31.2. The molecule has 0 saturated heterocycles. The van der Waals surface area contributed by atoms with Crippen molar-refractivity contribution in [2.45, 2.75) is 18.7 Å². The van der Waals surface area contributed by atoms with Crippen LogP contribution in [0.15, 0.2) is 41.3 Å². The summed E-state index contributed by atoms with van der Waals surface area (Å²) in [5.74, 6) is 0.435. The maximum atomic E-state index is 11.8. The quantitative estimate of drug-likeness (QED) is 0.668. The summed E-state index contributed by atoms with van der Waals surface area (Å²) in [4.78, 5) is 10.4. The van der Waals surface area contributed by atoms with Crippen LogP contribution in [0.4, 0.5) is 5.69 Å². The molecule has 2 aromatic carbocycles. The Labute approximate surface area is 134 Å². The normalized spacial score (nSPS) is 11.3. The van der Waals surface area contributed by atoms with Gasteiger partial charge in [-0.1, -0.05) is 6.07 Å². The Morgan fingerprint density at radius 3 is 2.22 bits per heavy atom. The second kappa shape index (κ2) is 6.35. The van der Waals surface area contributed by atoms with Crippen LogP contribution in [0.2, 0.25) is 0 Å². The van der Waals surface area contributed by atoms with Crippen molar-refractivity contribution < 1.29 is 18.1 Å². The minimum absolute atomic E-state index is 0.0185. The maximum Gasteiger partial charge on any atom is 0.312 e. The summed E-state index contributed by atoms with van der Waals surface area (Å²) in [5.41, 5.74) is 1.49. The predicted molar refractivity (Wildman–Crippen MR) is 85.3 cm³/mol. The number of hydrogen-bond donors (Lipinski definition) is 1. The van der Waals surface area contributed by atoms with Gasteiger partial charge in [-0.3, -0.25) is 10.1 Å². The first-order valence-corrected chi connectivity index (χ1v) is 8.19.